The summed E-state index contributed by atoms with van der Waals surface area (Å²) in [5, 5.41) is 4.44. The number of likely N-dealkylation sites (N-methyl/N-ethyl adjacent to an activating group) is 1. The van der Waals surface area contributed by atoms with Crippen LogP contribution in [0.5, 0.6) is 0 Å². The third-order valence-corrected chi connectivity index (χ3v) is 2.19. The van der Waals surface area contributed by atoms with Crippen molar-refractivity contribution in [2.24, 2.45) is 0 Å². The van der Waals surface area contributed by atoms with Crippen molar-refractivity contribution < 1.29 is 9.63 Å². The maximum atomic E-state index is 11.5. The Labute approximate surface area is 85.0 Å². The average molecular weight is 209 g/mol. The number of hydrogen-bond acceptors (Lipinski definition) is 3. The number of piperidine rings is 1. The fraction of sp³-hybridized carbons (Fsp3) is 0.875. The van der Waals surface area contributed by atoms with Crippen molar-refractivity contribution in [3.63, 3.8) is 0 Å². The highest BCUT2D eigenvalue weighted by Crippen LogP contribution is 2.08. The number of carbonyl (C=O) groups excluding carboxylic acids is 1. The van der Waals surface area contributed by atoms with Crippen LogP contribution < -0.4 is 5.32 Å². The quantitative estimate of drug-likeness (QED) is 0.675. The largest absolute Gasteiger partial charge is 0.306 e. The van der Waals surface area contributed by atoms with E-state index < -0.39 is 0 Å². The minimum atomic E-state index is -0.0382. The van der Waals surface area contributed by atoms with Crippen molar-refractivity contribution in [3.05, 3.63) is 0 Å². The maximum absolute atomic E-state index is 11.5. The minimum Gasteiger partial charge on any atom is -0.306 e. The van der Waals surface area contributed by atoms with Gasteiger partial charge in [0.1, 0.15) is 0 Å². The third kappa shape index (κ3) is 3.50. The number of amides is 1. The normalized spacial score (nSPS) is 21.8. The van der Waals surface area contributed by atoms with E-state index in [1.165, 1.54) is 18.6 Å². The van der Waals surface area contributed by atoms with Crippen LogP contribution in [0, 0.1) is 0 Å². The second kappa shape index (κ2) is 6.18. The first-order chi connectivity index (χ1) is 5.75. The molecule has 0 radical (unpaired) electrons. The van der Waals surface area contributed by atoms with Crippen LogP contribution in [-0.2, 0) is 9.63 Å². The van der Waals surface area contributed by atoms with E-state index >= 15 is 0 Å². The molecular formula is C8H17ClN2O2. The summed E-state index contributed by atoms with van der Waals surface area (Å²) < 4.78 is 0. The number of rotatable bonds is 2. The summed E-state index contributed by atoms with van der Waals surface area (Å²) in [5.41, 5.74) is 0. The lowest BCUT2D eigenvalue weighted by Crippen LogP contribution is -2.46. The lowest BCUT2D eigenvalue weighted by Gasteiger charge is -2.25. The first-order valence-electron chi connectivity index (χ1n) is 4.30. The van der Waals surface area contributed by atoms with Crippen molar-refractivity contribution in [2.45, 2.75) is 25.3 Å². The molecule has 1 rings (SSSR count). The lowest BCUT2D eigenvalue weighted by atomic mass is 10.0. The monoisotopic (exact) mass is 208 g/mol. The van der Waals surface area contributed by atoms with Gasteiger partial charge in [-0.2, -0.15) is 0 Å². The van der Waals surface area contributed by atoms with E-state index in [9.17, 15) is 4.79 Å². The third-order valence-electron chi connectivity index (χ3n) is 2.19. The summed E-state index contributed by atoms with van der Waals surface area (Å²) in [6.07, 6.45) is 3.22. The molecule has 13 heavy (non-hydrogen) atoms. The zero-order chi connectivity index (χ0) is 8.97. The molecule has 0 aromatic heterocycles. The van der Waals surface area contributed by atoms with E-state index in [4.69, 9.17) is 4.84 Å². The second-order valence-corrected chi connectivity index (χ2v) is 3.02. The molecule has 1 saturated heterocycles. The summed E-state index contributed by atoms with van der Waals surface area (Å²) in [6, 6.07) is -0.0382. The van der Waals surface area contributed by atoms with Crippen LogP contribution in [-0.4, -0.2) is 37.7 Å². The van der Waals surface area contributed by atoms with Crippen LogP contribution in [0.1, 0.15) is 19.3 Å². The summed E-state index contributed by atoms with van der Waals surface area (Å²) in [5.74, 6) is 0.0252. The molecule has 4 nitrogen and oxygen atoms in total. The highest BCUT2D eigenvalue weighted by Gasteiger charge is 2.23. The Balaban J connectivity index is 0.00000144. The van der Waals surface area contributed by atoms with Crippen molar-refractivity contribution >= 4 is 18.3 Å². The van der Waals surface area contributed by atoms with Crippen LogP contribution in [0.3, 0.4) is 0 Å². The molecule has 0 saturated carbocycles. The molecule has 1 aliphatic rings. The molecule has 1 amide bonds. The Morgan fingerprint density at radius 3 is 2.69 bits per heavy atom. The van der Waals surface area contributed by atoms with Gasteiger partial charge in [0.15, 0.2) is 0 Å². The smallest absolute Gasteiger partial charge is 0.262 e. The molecule has 1 fully saturated rings. The first kappa shape index (κ1) is 12.7. The van der Waals surface area contributed by atoms with Gasteiger partial charge in [-0.3, -0.25) is 9.63 Å². The fourth-order valence-electron chi connectivity index (χ4n) is 1.37. The summed E-state index contributed by atoms with van der Waals surface area (Å²) in [6.45, 7) is 0.938. The van der Waals surface area contributed by atoms with Gasteiger partial charge in [-0.15, -0.1) is 12.4 Å². The zero-order valence-electron chi connectivity index (χ0n) is 8.08. The Hall–Kier alpha value is -0.320. The van der Waals surface area contributed by atoms with Crippen LogP contribution in [0.15, 0.2) is 0 Å². The van der Waals surface area contributed by atoms with E-state index in [0.717, 1.165) is 19.4 Å². The maximum Gasteiger partial charge on any atom is 0.262 e. The molecule has 1 unspecified atom stereocenters. The molecule has 0 bridgehead atoms. The molecule has 5 heteroatoms. The summed E-state index contributed by atoms with van der Waals surface area (Å²) in [7, 11) is 3.14. The molecule has 78 valence electrons. The van der Waals surface area contributed by atoms with E-state index in [-0.39, 0.29) is 24.4 Å². The standard InChI is InChI=1S/C8H16N2O2.ClH/c1-10(12-2)8(11)7-5-3-4-6-9-7;/h7,9H,3-6H2,1-2H3;1H. The number of halogens is 1. The average Bonchev–Trinajstić information content (AvgIpc) is 2.17. The van der Waals surface area contributed by atoms with Gasteiger partial charge in [0.2, 0.25) is 0 Å². The first-order valence-corrected chi connectivity index (χ1v) is 4.30. The van der Waals surface area contributed by atoms with Gasteiger partial charge in [-0.1, -0.05) is 6.42 Å². The number of hydrogen-bond donors (Lipinski definition) is 1. The SMILES string of the molecule is CON(C)C(=O)C1CCCCN1.Cl. The van der Waals surface area contributed by atoms with Crippen LogP contribution in [0.4, 0.5) is 0 Å². The van der Waals surface area contributed by atoms with Crippen molar-refractivity contribution in [1.29, 1.82) is 0 Å². The number of carbonyl (C=O) groups is 1. The zero-order valence-corrected chi connectivity index (χ0v) is 8.89. The molecule has 0 aromatic carbocycles. The molecule has 1 N–H and O–H groups in total. The number of hydroxylamine groups is 2. The van der Waals surface area contributed by atoms with Gasteiger partial charge in [-0.05, 0) is 19.4 Å². The number of nitrogens with zero attached hydrogens (tertiary/aromatic N) is 1. The Kier molecular flexibility index (Phi) is 6.03. The molecule has 0 aromatic rings. The van der Waals surface area contributed by atoms with Crippen LogP contribution in [0.2, 0.25) is 0 Å². The van der Waals surface area contributed by atoms with E-state index in [1.54, 1.807) is 7.05 Å². The van der Waals surface area contributed by atoms with Crippen LogP contribution in [0.25, 0.3) is 0 Å². The van der Waals surface area contributed by atoms with Gasteiger partial charge in [0, 0.05) is 7.05 Å². The van der Waals surface area contributed by atoms with Crippen molar-refractivity contribution in [1.82, 2.24) is 10.4 Å². The van der Waals surface area contributed by atoms with E-state index in [0.29, 0.717) is 0 Å². The topological polar surface area (TPSA) is 41.6 Å². The lowest BCUT2D eigenvalue weighted by molar-refractivity contribution is -0.171. The number of nitrogens with one attached hydrogen (secondary N) is 1. The van der Waals surface area contributed by atoms with Crippen molar-refractivity contribution in [3.8, 4) is 0 Å². The van der Waals surface area contributed by atoms with Gasteiger partial charge in [0.05, 0.1) is 13.2 Å². The molecule has 0 aliphatic carbocycles. The predicted molar refractivity (Wildman–Crippen MR) is 52.7 cm³/mol. The van der Waals surface area contributed by atoms with Gasteiger partial charge in [0.25, 0.3) is 5.91 Å². The molecular weight excluding hydrogens is 192 g/mol. The predicted octanol–water partition coefficient (Wildman–Crippen LogP) is 0.570. The highest BCUT2D eigenvalue weighted by atomic mass is 35.5. The summed E-state index contributed by atoms with van der Waals surface area (Å²) in [4.78, 5) is 16.3. The van der Waals surface area contributed by atoms with E-state index in [1.807, 2.05) is 0 Å². The molecule has 1 atom stereocenters. The van der Waals surface area contributed by atoms with E-state index in [2.05, 4.69) is 5.32 Å². The fourth-order valence-corrected chi connectivity index (χ4v) is 1.37. The van der Waals surface area contributed by atoms with Gasteiger partial charge < -0.3 is 5.32 Å². The second-order valence-electron chi connectivity index (χ2n) is 3.02. The van der Waals surface area contributed by atoms with Crippen LogP contribution >= 0.6 is 12.4 Å². The molecule has 1 aliphatic heterocycles. The Morgan fingerprint density at radius 1 is 1.54 bits per heavy atom. The molecule has 0 spiro atoms. The molecule has 1 heterocycles. The minimum absolute atomic E-state index is 0. The van der Waals surface area contributed by atoms with Gasteiger partial charge >= 0.3 is 0 Å². The van der Waals surface area contributed by atoms with Gasteiger partial charge in [-0.25, -0.2) is 5.06 Å². The Morgan fingerprint density at radius 2 is 2.23 bits per heavy atom. The van der Waals surface area contributed by atoms with Crippen molar-refractivity contribution in [2.75, 3.05) is 20.7 Å². The Bertz CT molecular complexity index is 160. The summed E-state index contributed by atoms with van der Waals surface area (Å²) >= 11 is 0. The highest BCUT2D eigenvalue weighted by molar-refractivity contribution is 5.85.